The van der Waals surface area contributed by atoms with Crippen molar-refractivity contribution in [1.29, 1.82) is 0 Å². The minimum atomic E-state index is -0.988. The Hall–Kier alpha value is -3.56. The third kappa shape index (κ3) is 4.40. The Labute approximate surface area is 208 Å². The molecule has 0 spiro atoms. The number of hydrogen-bond donors (Lipinski definition) is 2. The molecule has 2 aromatic heterocycles. The van der Waals surface area contributed by atoms with Gasteiger partial charge in [-0.1, -0.05) is 12.1 Å². The van der Waals surface area contributed by atoms with Gasteiger partial charge in [-0.05, 0) is 74.2 Å². The Kier molecular flexibility index (Phi) is 5.81. The fourth-order valence-electron chi connectivity index (χ4n) is 5.14. The number of aromatic nitrogens is 4. The van der Waals surface area contributed by atoms with E-state index in [1.54, 1.807) is 12.1 Å². The van der Waals surface area contributed by atoms with Crippen LogP contribution in [0.3, 0.4) is 0 Å². The third-order valence-electron chi connectivity index (χ3n) is 7.49. The Morgan fingerprint density at radius 3 is 2.42 bits per heavy atom. The molecule has 6 rings (SSSR count). The van der Waals surface area contributed by atoms with Gasteiger partial charge in [0.15, 0.2) is 5.65 Å². The quantitative estimate of drug-likeness (QED) is 0.434. The SMILES string of the molecule is O=c1c2cnn(-c3ccc(F)cc3)c2ncn1CC1(O)CCN(c2ccc(CC3CCN3)cc2)CC1. The van der Waals surface area contributed by atoms with E-state index in [0.29, 0.717) is 48.7 Å². The molecule has 9 heteroatoms. The first-order chi connectivity index (χ1) is 17.5. The largest absolute Gasteiger partial charge is 0.388 e. The molecule has 0 saturated carbocycles. The molecule has 186 valence electrons. The van der Waals surface area contributed by atoms with Crippen LogP contribution in [0.5, 0.6) is 0 Å². The van der Waals surface area contributed by atoms with Gasteiger partial charge in [-0.2, -0.15) is 5.10 Å². The normalized spacial score (nSPS) is 19.4. The van der Waals surface area contributed by atoms with E-state index in [1.807, 2.05) is 0 Å². The van der Waals surface area contributed by atoms with E-state index >= 15 is 0 Å². The summed E-state index contributed by atoms with van der Waals surface area (Å²) in [6.45, 7) is 2.73. The van der Waals surface area contributed by atoms with Crippen molar-refractivity contribution in [2.45, 2.75) is 43.9 Å². The monoisotopic (exact) mass is 488 g/mol. The molecule has 2 aliphatic rings. The van der Waals surface area contributed by atoms with Crippen LogP contribution in [0.2, 0.25) is 0 Å². The van der Waals surface area contributed by atoms with Gasteiger partial charge in [0, 0.05) is 24.8 Å². The van der Waals surface area contributed by atoms with Gasteiger partial charge in [0.2, 0.25) is 0 Å². The second-order valence-electron chi connectivity index (χ2n) is 9.97. The first-order valence-electron chi connectivity index (χ1n) is 12.5. The van der Waals surface area contributed by atoms with Crippen molar-refractivity contribution in [3.8, 4) is 5.69 Å². The predicted octanol–water partition coefficient (Wildman–Crippen LogP) is 2.66. The summed E-state index contributed by atoms with van der Waals surface area (Å²) in [5, 5.41) is 19.4. The summed E-state index contributed by atoms with van der Waals surface area (Å²) in [5.74, 6) is -0.344. The highest BCUT2D eigenvalue weighted by Crippen LogP contribution is 2.28. The van der Waals surface area contributed by atoms with Crippen molar-refractivity contribution >= 4 is 16.7 Å². The maximum Gasteiger partial charge on any atom is 0.264 e. The summed E-state index contributed by atoms with van der Waals surface area (Å²) in [7, 11) is 0. The van der Waals surface area contributed by atoms with Crippen molar-refractivity contribution in [1.82, 2.24) is 24.6 Å². The summed E-state index contributed by atoms with van der Waals surface area (Å²) < 4.78 is 16.3. The highest BCUT2D eigenvalue weighted by molar-refractivity contribution is 5.74. The van der Waals surface area contributed by atoms with E-state index in [9.17, 15) is 14.3 Å². The summed E-state index contributed by atoms with van der Waals surface area (Å²) in [6, 6.07) is 15.2. The van der Waals surface area contributed by atoms with Crippen LogP contribution in [0.4, 0.5) is 10.1 Å². The molecule has 2 saturated heterocycles. The molecule has 2 fully saturated rings. The van der Waals surface area contributed by atoms with Crippen molar-refractivity contribution in [2.75, 3.05) is 24.5 Å². The molecule has 0 amide bonds. The van der Waals surface area contributed by atoms with Crippen molar-refractivity contribution in [3.63, 3.8) is 0 Å². The zero-order valence-corrected chi connectivity index (χ0v) is 20.0. The Morgan fingerprint density at radius 2 is 1.75 bits per heavy atom. The van der Waals surface area contributed by atoms with E-state index in [1.165, 1.54) is 45.9 Å². The van der Waals surface area contributed by atoms with Crippen LogP contribution in [0, 0.1) is 5.82 Å². The van der Waals surface area contributed by atoms with Crippen LogP contribution in [0.15, 0.2) is 65.8 Å². The molecule has 8 nitrogen and oxygen atoms in total. The third-order valence-corrected chi connectivity index (χ3v) is 7.49. The maximum atomic E-state index is 13.3. The van der Waals surface area contributed by atoms with Crippen LogP contribution < -0.4 is 15.8 Å². The average molecular weight is 489 g/mol. The minimum absolute atomic E-state index is 0.178. The van der Waals surface area contributed by atoms with Crippen molar-refractivity contribution in [3.05, 3.63) is 82.8 Å². The maximum absolute atomic E-state index is 13.3. The lowest BCUT2D eigenvalue weighted by atomic mass is 9.90. The molecular weight excluding hydrogens is 459 g/mol. The van der Waals surface area contributed by atoms with Gasteiger partial charge in [0.05, 0.1) is 24.0 Å². The summed E-state index contributed by atoms with van der Waals surface area (Å²) in [6.07, 6.45) is 6.36. The number of rotatable bonds is 6. The molecule has 2 N–H and O–H groups in total. The van der Waals surface area contributed by atoms with E-state index in [-0.39, 0.29) is 17.9 Å². The lowest BCUT2D eigenvalue weighted by Gasteiger charge is -2.39. The summed E-state index contributed by atoms with van der Waals surface area (Å²) in [5.41, 5.74) is 2.29. The first kappa shape index (κ1) is 22.9. The van der Waals surface area contributed by atoms with Gasteiger partial charge in [-0.25, -0.2) is 14.1 Å². The number of fused-ring (bicyclic) bond motifs is 1. The molecule has 0 bridgehead atoms. The van der Waals surface area contributed by atoms with E-state index in [2.05, 4.69) is 44.6 Å². The number of aliphatic hydroxyl groups is 1. The molecule has 1 unspecified atom stereocenters. The Morgan fingerprint density at radius 1 is 1.06 bits per heavy atom. The molecule has 2 aromatic carbocycles. The predicted molar refractivity (Wildman–Crippen MR) is 136 cm³/mol. The fraction of sp³-hybridized carbons (Fsp3) is 0.370. The van der Waals surface area contributed by atoms with Gasteiger partial charge >= 0.3 is 0 Å². The molecule has 0 aliphatic carbocycles. The number of piperidine rings is 1. The van der Waals surface area contributed by atoms with Gasteiger partial charge in [-0.3, -0.25) is 9.36 Å². The zero-order chi connectivity index (χ0) is 24.7. The molecular formula is C27H29FN6O2. The number of hydrogen-bond acceptors (Lipinski definition) is 6. The smallest absolute Gasteiger partial charge is 0.264 e. The number of nitrogens with zero attached hydrogens (tertiary/aromatic N) is 5. The average Bonchev–Trinajstić information content (AvgIpc) is 3.30. The van der Waals surface area contributed by atoms with E-state index < -0.39 is 5.60 Å². The number of anilines is 1. The van der Waals surface area contributed by atoms with E-state index in [0.717, 1.165) is 18.7 Å². The lowest BCUT2D eigenvalue weighted by Crippen LogP contribution is -2.48. The van der Waals surface area contributed by atoms with Crippen LogP contribution >= 0.6 is 0 Å². The van der Waals surface area contributed by atoms with Gasteiger partial charge in [0.25, 0.3) is 5.56 Å². The minimum Gasteiger partial charge on any atom is -0.388 e. The second kappa shape index (κ2) is 9.15. The van der Waals surface area contributed by atoms with Crippen molar-refractivity contribution in [2.24, 2.45) is 0 Å². The molecule has 4 aromatic rings. The van der Waals surface area contributed by atoms with E-state index in [4.69, 9.17) is 0 Å². The number of nitrogens with one attached hydrogen (secondary N) is 1. The van der Waals surface area contributed by atoms with Gasteiger partial charge < -0.3 is 15.3 Å². The summed E-state index contributed by atoms with van der Waals surface area (Å²) in [4.78, 5) is 19.9. The fourth-order valence-corrected chi connectivity index (χ4v) is 5.14. The van der Waals surface area contributed by atoms with Crippen LogP contribution in [0.25, 0.3) is 16.7 Å². The Bertz CT molecular complexity index is 1420. The highest BCUT2D eigenvalue weighted by atomic mass is 19.1. The standard InChI is InChI=1S/C27H29FN6O2/c28-20-3-7-23(8-4-20)34-25-24(16-31-34)26(35)33(18-30-25)17-27(36)10-13-32(14-11-27)22-5-1-19(2-6-22)15-21-9-12-29-21/h1-8,16,18,21,29,36H,9-15,17H2. The summed E-state index contributed by atoms with van der Waals surface area (Å²) >= 11 is 0. The van der Waals surface area contributed by atoms with Crippen LogP contribution in [-0.2, 0) is 13.0 Å². The molecule has 0 radical (unpaired) electrons. The van der Waals surface area contributed by atoms with Gasteiger partial charge in [0.1, 0.15) is 17.5 Å². The van der Waals surface area contributed by atoms with Crippen molar-refractivity contribution < 1.29 is 9.50 Å². The lowest BCUT2D eigenvalue weighted by molar-refractivity contribution is -0.00101. The molecule has 1 atom stereocenters. The first-order valence-corrected chi connectivity index (χ1v) is 12.5. The topological polar surface area (TPSA) is 88.2 Å². The molecule has 4 heterocycles. The second-order valence-corrected chi connectivity index (χ2v) is 9.97. The molecule has 36 heavy (non-hydrogen) atoms. The highest BCUT2D eigenvalue weighted by Gasteiger charge is 2.33. The van der Waals surface area contributed by atoms with Crippen LogP contribution in [0.1, 0.15) is 24.8 Å². The van der Waals surface area contributed by atoms with Gasteiger partial charge in [-0.15, -0.1) is 0 Å². The number of benzene rings is 2. The molecule has 2 aliphatic heterocycles. The Balaban J connectivity index is 1.13. The number of halogens is 1. The zero-order valence-electron chi connectivity index (χ0n) is 20.0. The van der Waals surface area contributed by atoms with Crippen LogP contribution in [-0.4, -0.2) is 55.7 Å².